The summed E-state index contributed by atoms with van der Waals surface area (Å²) in [5.74, 6) is 0.961. The molecule has 0 saturated heterocycles. The Morgan fingerprint density at radius 3 is 2.25 bits per heavy atom. The third kappa shape index (κ3) is 4.51. The van der Waals surface area contributed by atoms with E-state index >= 15 is 0 Å². The van der Waals surface area contributed by atoms with Crippen molar-refractivity contribution in [2.45, 2.75) is 0 Å². The number of hydrogen-bond acceptors (Lipinski definition) is 1. The van der Waals surface area contributed by atoms with Crippen molar-refractivity contribution >= 4 is 23.1 Å². The summed E-state index contributed by atoms with van der Waals surface area (Å²) in [5.41, 5.74) is 0. The molecule has 2 aromatic rings. The van der Waals surface area contributed by atoms with Gasteiger partial charge in [0, 0.05) is 5.75 Å². The van der Waals surface area contributed by atoms with Gasteiger partial charge >= 0.3 is 23.1 Å². The summed E-state index contributed by atoms with van der Waals surface area (Å²) in [5, 5.41) is 0. The van der Waals surface area contributed by atoms with E-state index in [0.29, 0.717) is 11.5 Å². The molecule has 0 fully saturated rings. The van der Waals surface area contributed by atoms with E-state index in [0.717, 1.165) is 0 Å². The van der Waals surface area contributed by atoms with Gasteiger partial charge in [0.05, 0.1) is 0 Å². The second-order valence-electron chi connectivity index (χ2n) is 2.78. The van der Waals surface area contributed by atoms with Crippen LogP contribution in [0.2, 0.25) is 0 Å². The van der Waals surface area contributed by atoms with Gasteiger partial charge in [-0.1, -0.05) is 0 Å². The van der Waals surface area contributed by atoms with Crippen molar-refractivity contribution in [2.75, 3.05) is 0 Å². The van der Waals surface area contributed by atoms with Gasteiger partial charge in [-0.2, -0.15) is 18.2 Å². The Morgan fingerprint density at radius 2 is 1.69 bits per heavy atom. The van der Waals surface area contributed by atoms with Crippen LogP contribution in [0.4, 0.5) is 4.39 Å². The quantitative estimate of drug-likeness (QED) is 0.561. The maximum Gasteiger partial charge on any atom is 2.00 e. The van der Waals surface area contributed by atoms with Gasteiger partial charge in [0.25, 0.3) is 0 Å². The van der Waals surface area contributed by atoms with E-state index in [1.165, 1.54) is 12.1 Å². The van der Waals surface area contributed by atoms with Crippen LogP contribution in [0.5, 0.6) is 11.5 Å². The number of rotatable bonds is 2. The molecule has 0 saturated carbocycles. The molecular formula is C12H8BrFMgO. The van der Waals surface area contributed by atoms with Crippen molar-refractivity contribution < 1.29 is 26.1 Å². The van der Waals surface area contributed by atoms with Crippen LogP contribution in [0, 0.1) is 11.9 Å². The smallest absolute Gasteiger partial charge is 1.00 e. The van der Waals surface area contributed by atoms with E-state index in [-0.39, 0.29) is 45.9 Å². The second kappa shape index (κ2) is 7.65. The van der Waals surface area contributed by atoms with Gasteiger partial charge in [-0.15, -0.1) is 12.1 Å². The van der Waals surface area contributed by atoms with Crippen LogP contribution in [0.3, 0.4) is 0 Å². The molecule has 0 aliphatic rings. The maximum atomic E-state index is 12.6. The monoisotopic (exact) mass is 290 g/mol. The summed E-state index contributed by atoms with van der Waals surface area (Å²) < 4.78 is 18.0. The molecule has 0 aromatic heterocycles. The summed E-state index contributed by atoms with van der Waals surface area (Å²) in [7, 11) is 0. The summed E-state index contributed by atoms with van der Waals surface area (Å²) >= 11 is 0. The van der Waals surface area contributed by atoms with Gasteiger partial charge in [0.1, 0.15) is 11.6 Å². The standard InChI is InChI=1S/C12H8FO.BrH.Mg/c13-10-6-8-12(9-7-10)14-11-4-2-1-3-5-11;;/h1-4,6-9H;1H;/q-1;;+2/p-1. The van der Waals surface area contributed by atoms with Crippen LogP contribution in [0.25, 0.3) is 0 Å². The minimum absolute atomic E-state index is 0. The van der Waals surface area contributed by atoms with Crippen molar-refractivity contribution in [1.82, 2.24) is 0 Å². The molecule has 16 heavy (non-hydrogen) atoms. The number of ether oxygens (including phenoxy) is 1. The van der Waals surface area contributed by atoms with Crippen molar-refractivity contribution in [3.63, 3.8) is 0 Å². The molecule has 78 valence electrons. The molecule has 0 unspecified atom stereocenters. The molecule has 0 spiro atoms. The van der Waals surface area contributed by atoms with Crippen molar-refractivity contribution in [1.29, 1.82) is 0 Å². The minimum Gasteiger partial charge on any atom is -1.00 e. The number of benzene rings is 2. The molecule has 0 radical (unpaired) electrons. The van der Waals surface area contributed by atoms with Gasteiger partial charge in [-0.25, -0.2) is 4.39 Å². The van der Waals surface area contributed by atoms with Crippen molar-refractivity contribution in [3.05, 3.63) is 60.4 Å². The summed E-state index contributed by atoms with van der Waals surface area (Å²) in [4.78, 5) is 0. The molecule has 0 aliphatic carbocycles. The number of halogens is 2. The molecule has 0 bridgehead atoms. The zero-order valence-electron chi connectivity index (χ0n) is 8.49. The largest absolute Gasteiger partial charge is 2.00 e. The molecule has 2 aromatic carbocycles. The van der Waals surface area contributed by atoms with Crippen LogP contribution in [-0.2, 0) is 0 Å². The zero-order valence-corrected chi connectivity index (χ0v) is 11.5. The van der Waals surface area contributed by atoms with Gasteiger partial charge in [0.2, 0.25) is 0 Å². The summed E-state index contributed by atoms with van der Waals surface area (Å²) in [6.07, 6.45) is 0. The van der Waals surface area contributed by atoms with E-state index in [2.05, 4.69) is 6.07 Å². The van der Waals surface area contributed by atoms with Crippen molar-refractivity contribution in [3.8, 4) is 11.5 Å². The first-order chi connectivity index (χ1) is 6.84. The third-order valence-electron chi connectivity index (χ3n) is 1.72. The van der Waals surface area contributed by atoms with E-state index in [4.69, 9.17) is 4.74 Å². The fraction of sp³-hybridized carbons (Fsp3) is 0. The fourth-order valence-electron chi connectivity index (χ4n) is 1.07. The molecule has 0 heterocycles. The first kappa shape index (κ1) is 15.4. The Morgan fingerprint density at radius 1 is 1.00 bits per heavy atom. The average molecular weight is 291 g/mol. The van der Waals surface area contributed by atoms with E-state index in [9.17, 15) is 4.39 Å². The van der Waals surface area contributed by atoms with E-state index in [1.807, 2.05) is 12.1 Å². The number of hydrogen-bond donors (Lipinski definition) is 0. The predicted octanol–water partition coefficient (Wildman–Crippen LogP) is 0.0414. The first-order valence-electron chi connectivity index (χ1n) is 4.25. The average Bonchev–Trinajstić information content (AvgIpc) is 2.23. The van der Waals surface area contributed by atoms with Gasteiger partial charge in [0.15, 0.2) is 0 Å². The summed E-state index contributed by atoms with van der Waals surface area (Å²) in [6, 6.07) is 16.1. The predicted molar refractivity (Wildman–Crippen MR) is 57.5 cm³/mol. The molecule has 1 nitrogen and oxygen atoms in total. The third-order valence-corrected chi connectivity index (χ3v) is 1.72. The van der Waals surface area contributed by atoms with Gasteiger partial charge < -0.3 is 21.7 Å². The molecule has 0 aliphatic heterocycles. The maximum absolute atomic E-state index is 12.6. The second-order valence-corrected chi connectivity index (χ2v) is 2.78. The Bertz CT molecular complexity index is 405. The molecular weight excluding hydrogens is 283 g/mol. The fourth-order valence-corrected chi connectivity index (χ4v) is 1.07. The Hall–Kier alpha value is -0.584. The minimum atomic E-state index is -0.269. The normalized spacial score (nSPS) is 8.56. The van der Waals surface area contributed by atoms with E-state index in [1.54, 1.807) is 24.3 Å². The summed E-state index contributed by atoms with van der Waals surface area (Å²) in [6.45, 7) is 0. The Labute approximate surface area is 121 Å². The van der Waals surface area contributed by atoms with Gasteiger partial charge in [-0.05, 0) is 24.3 Å². The molecule has 2 rings (SSSR count). The van der Waals surface area contributed by atoms with Crippen molar-refractivity contribution in [2.24, 2.45) is 0 Å². The number of para-hydroxylation sites is 1. The topological polar surface area (TPSA) is 9.23 Å². The molecule has 0 amide bonds. The molecule has 0 N–H and O–H groups in total. The van der Waals surface area contributed by atoms with Crippen LogP contribution in [-0.4, -0.2) is 23.1 Å². The van der Waals surface area contributed by atoms with Crippen LogP contribution in [0.1, 0.15) is 0 Å². The van der Waals surface area contributed by atoms with Crippen LogP contribution >= 0.6 is 0 Å². The Balaban J connectivity index is 0.00000112. The van der Waals surface area contributed by atoms with Crippen LogP contribution in [0.15, 0.2) is 48.5 Å². The SMILES string of the molecule is Fc1ccc(Oc2[c-]cccc2)cc1.[Br-].[Mg+2]. The molecule has 4 heteroatoms. The Kier molecular flexibility index (Phi) is 7.37. The first-order valence-corrected chi connectivity index (χ1v) is 4.25. The van der Waals surface area contributed by atoms with Crippen LogP contribution < -0.4 is 21.7 Å². The zero-order chi connectivity index (χ0) is 9.80. The van der Waals surface area contributed by atoms with E-state index < -0.39 is 0 Å². The molecule has 0 atom stereocenters. The van der Waals surface area contributed by atoms with Gasteiger partial charge in [-0.3, -0.25) is 0 Å².